The van der Waals surface area contributed by atoms with Crippen LogP contribution in [0.4, 0.5) is 0 Å². The van der Waals surface area contributed by atoms with Crippen LogP contribution in [0.5, 0.6) is 0 Å². The minimum absolute atomic E-state index is 0.344. The zero-order valence-electron chi connectivity index (χ0n) is 12.1. The number of halogens is 1. The Bertz CT molecular complexity index is 473. The summed E-state index contributed by atoms with van der Waals surface area (Å²) in [7, 11) is -3.54. The molecule has 0 aliphatic heterocycles. The second-order valence-corrected chi connectivity index (χ2v) is 7.16. The van der Waals surface area contributed by atoms with Crippen LogP contribution in [0.25, 0.3) is 0 Å². The predicted molar refractivity (Wildman–Crippen MR) is 83.5 cm³/mol. The van der Waals surface area contributed by atoms with Gasteiger partial charge in [-0.2, -0.15) is 8.42 Å². The second kappa shape index (κ2) is 8.65. The van der Waals surface area contributed by atoms with Gasteiger partial charge in [-0.15, -0.1) is 11.6 Å². The highest BCUT2D eigenvalue weighted by Gasteiger charge is 2.25. The van der Waals surface area contributed by atoms with Crippen molar-refractivity contribution in [3.8, 4) is 0 Å². The van der Waals surface area contributed by atoms with E-state index in [1.807, 2.05) is 30.3 Å². The smallest absolute Gasteiger partial charge is 0.261 e. The van der Waals surface area contributed by atoms with E-state index in [9.17, 15) is 8.42 Å². The van der Waals surface area contributed by atoms with E-state index in [1.54, 1.807) is 0 Å². The van der Waals surface area contributed by atoms with Gasteiger partial charge >= 0.3 is 0 Å². The summed E-state index contributed by atoms with van der Waals surface area (Å²) in [5, 5.41) is -0.344. The summed E-state index contributed by atoms with van der Waals surface area (Å²) in [5.41, 5.74) is 0.799. The van der Waals surface area contributed by atoms with E-state index in [1.165, 1.54) is 6.42 Å². The summed E-state index contributed by atoms with van der Waals surface area (Å²) in [6, 6.07) is 9.28. The molecule has 0 heterocycles. The molecule has 114 valence electrons. The first-order chi connectivity index (χ1) is 9.44. The van der Waals surface area contributed by atoms with Crippen molar-refractivity contribution in [1.82, 2.24) is 0 Å². The topological polar surface area (TPSA) is 43.4 Å². The number of rotatable bonds is 9. The third kappa shape index (κ3) is 6.73. The molecule has 0 bridgehead atoms. The van der Waals surface area contributed by atoms with Gasteiger partial charge in [-0.05, 0) is 12.0 Å². The summed E-state index contributed by atoms with van der Waals surface area (Å²) >= 11 is 6.38. The van der Waals surface area contributed by atoms with Gasteiger partial charge in [0.15, 0.2) is 0 Å². The quantitative estimate of drug-likeness (QED) is 0.388. The Morgan fingerprint density at radius 3 is 2.35 bits per heavy atom. The van der Waals surface area contributed by atoms with Crippen molar-refractivity contribution in [2.45, 2.75) is 50.5 Å². The Morgan fingerprint density at radius 1 is 1.15 bits per heavy atom. The first kappa shape index (κ1) is 17.5. The molecule has 0 aliphatic carbocycles. The van der Waals surface area contributed by atoms with E-state index in [0.717, 1.165) is 37.5 Å². The van der Waals surface area contributed by atoms with Crippen LogP contribution in [-0.2, 0) is 14.3 Å². The van der Waals surface area contributed by atoms with Crippen LogP contribution in [0.15, 0.2) is 30.3 Å². The lowest BCUT2D eigenvalue weighted by Crippen LogP contribution is -2.20. The van der Waals surface area contributed by atoms with Crippen molar-refractivity contribution in [3.05, 3.63) is 35.9 Å². The molecule has 0 N–H and O–H groups in total. The molecule has 0 amide bonds. The van der Waals surface area contributed by atoms with Gasteiger partial charge in [0.2, 0.25) is 0 Å². The van der Waals surface area contributed by atoms with Gasteiger partial charge in [-0.3, -0.25) is 4.18 Å². The fourth-order valence-corrected chi connectivity index (χ4v) is 3.11. The van der Waals surface area contributed by atoms with Crippen molar-refractivity contribution in [1.29, 1.82) is 0 Å². The highest BCUT2D eigenvalue weighted by molar-refractivity contribution is 7.86. The predicted octanol–water partition coefficient (Wildman–Crippen LogP) is 4.28. The van der Waals surface area contributed by atoms with Crippen molar-refractivity contribution < 1.29 is 12.6 Å². The zero-order chi connectivity index (χ0) is 15.0. The van der Waals surface area contributed by atoms with E-state index in [-0.39, 0.29) is 5.38 Å². The molecule has 0 radical (unpaired) electrons. The van der Waals surface area contributed by atoms with Gasteiger partial charge in [-0.25, -0.2) is 0 Å². The summed E-state index contributed by atoms with van der Waals surface area (Å²) in [4.78, 5) is 0. The zero-order valence-corrected chi connectivity index (χ0v) is 13.7. The summed E-state index contributed by atoms with van der Waals surface area (Å²) < 4.78 is 28.0. The normalized spacial score (nSPS) is 14.9. The van der Waals surface area contributed by atoms with Crippen molar-refractivity contribution in [2.24, 2.45) is 0 Å². The molecule has 2 unspecified atom stereocenters. The van der Waals surface area contributed by atoms with E-state index < -0.39 is 16.2 Å². The van der Waals surface area contributed by atoms with Crippen molar-refractivity contribution in [3.63, 3.8) is 0 Å². The summed E-state index contributed by atoms with van der Waals surface area (Å²) in [6.07, 6.45) is 5.62. The van der Waals surface area contributed by atoms with Crippen LogP contribution in [0.2, 0.25) is 0 Å². The van der Waals surface area contributed by atoms with Gasteiger partial charge in [0.25, 0.3) is 10.1 Å². The molecule has 0 spiro atoms. The Labute approximate surface area is 127 Å². The maximum absolute atomic E-state index is 11.4. The number of unbranched alkanes of at least 4 members (excludes halogenated alkanes) is 3. The Morgan fingerprint density at radius 2 is 1.80 bits per heavy atom. The lowest BCUT2D eigenvalue weighted by Gasteiger charge is -2.22. The molecule has 3 nitrogen and oxygen atoms in total. The SMILES string of the molecule is CCCCCCC(Cl)C(OS(C)(=O)=O)c1ccccc1. The average Bonchev–Trinajstić information content (AvgIpc) is 2.41. The average molecular weight is 319 g/mol. The molecule has 0 saturated heterocycles. The van der Waals surface area contributed by atoms with Crippen LogP contribution < -0.4 is 0 Å². The Kier molecular flexibility index (Phi) is 7.56. The van der Waals surface area contributed by atoms with E-state index in [4.69, 9.17) is 15.8 Å². The fraction of sp³-hybridized carbons (Fsp3) is 0.600. The molecule has 1 rings (SSSR count). The molecular formula is C15H23ClO3S. The highest BCUT2D eigenvalue weighted by Crippen LogP contribution is 2.30. The molecule has 20 heavy (non-hydrogen) atoms. The van der Waals surface area contributed by atoms with Crippen LogP contribution >= 0.6 is 11.6 Å². The first-order valence-electron chi connectivity index (χ1n) is 7.01. The van der Waals surface area contributed by atoms with Gasteiger partial charge in [0.1, 0.15) is 6.10 Å². The molecule has 5 heteroatoms. The standard InChI is InChI=1S/C15H23ClO3S/c1-3-4-5-9-12-14(16)15(19-20(2,17)18)13-10-7-6-8-11-13/h6-8,10-11,14-15H,3-5,9,12H2,1-2H3. The van der Waals surface area contributed by atoms with Crippen LogP contribution in [0.1, 0.15) is 50.7 Å². The monoisotopic (exact) mass is 318 g/mol. The molecule has 0 aliphatic rings. The van der Waals surface area contributed by atoms with Crippen LogP contribution in [0.3, 0.4) is 0 Å². The summed E-state index contributed by atoms with van der Waals surface area (Å²) in [5.74, 6) is 0. The second-order valence-electron chi connectivity index (χ2n) is 5.00. The summed E-state index contributed by atoms with van der Waals surface area (Å²) in [6.45, 7) is 2.15. The maximum atomic E-state index is 11.4. The number of benzene rings is 1. The molecule has 0 fully saturated rings. The Balaban J connectivity index is 2.72. The fourth-order valence-electron chi connectivity index (χ4n) is 2.07. The van der Waals surface area contributed by atoms with E-state index >= 15 is 0 Å². The molecule has 0 aromatic heterocycles. The van der Waals surface area contributed by atoms with Gasteiger partial charge in [0.05, 0.1) is 11.6 Å². The minimum Gasteiger partial charge on any atom is -0.261 e. The maximum Gasteiger partial charge on any atom is 0.265 e. The number of hydrogen-bond donors (Lipinski definition) is 0. The van der Waals surface area contributed by atoms with Crippen molar-refractivity contribution >= 4 is 21.7 Å². The van der Waals surface area contributed by atoms with Crippen molar-refractivity contribution in [2.75, 3.05) is 6.26 Å². The largest absolute Gasteiger partial charge is 0.265 e. The molecule has 1 aromatic carbocycles. The van der Waals surface area contributed by atoms with Gasteiger partial charge < -0.3 is 0 Å². The number of hydrogen-bond acceptors (Lipinski definition) is 3. The lowest BCUT2D eigenvalue weighted by molar-refractivity contribution is 0.204. The Hall–Kier alpha value is -0.580. The van der Waals surface area contributed by atoms with Gasteiger partial charge in [0, 0.05) is 0 Å². The molecule has 0 saturated carbocycles. The van der Waals surface area contributed by atoms with Crippen LogP contribution in [0, 0.1) is 0 Å². The van der Waals surface area contributed by atoms with E-state index in [0.29, 0.717) is 0 Å². The minimum atomic E-state index is -3.54. The first-order valence-corrected chi connectivity index (χ1v) is 9.26. The van der Waals surface area contributed by atoms with Gasteiger partial charge in [-0.1, -0.05) is 62.9 Å². The molecule has 1 aromatic rings. The molecular weight excluding hydrogens is 296 g/mol. The third-order valence-electron chi connectivity index (χ3n) is 3.07. The molecule has 2 atom stereocenters. The third-order valence-corrected chi connectivity index (χ3v) is 4.07. The van der Waals surface area contributed by atoms with Crippen LogP contribution in [-0.4, -0.2) is 20.1 Å². The highest BCUT2D eigenvalue weighted by atomic mass is 35.5. The van der Waals surface area contributed by atoms with E-state index in [2.05, 4.69) is 6.92 Å². The number of alkyl halides is 1. The lowest BCUT2D eigenvalue weighted by atomic mass is 10.0.